The van der Waals surface area contributed by atoms with Crippen molar-refractivity contribution >= 4 is 10.9 Å². The summed E-state index contributed by atoms with van der Waals surface area (Å²) in [4.78, 5) is 5.38. The van der Waals surface area contributed by atoms with Crippen LogP contribution in [0.1, 0.15) is 30.4 Å². The molecule has 0 saturated carbocycles. The van der Waals surface area contributed by atoms with Crippen molar-refractivity contribution in [2.45, 2.75) is 31.7 Å². The van der Waals surface area contributed by atoms with E-state index in [2.05, 4.69) is 42.5 Å². The summed E-state index contributed by atoms with van der Waals surface area (Å²) < 4.78 is 0. The summed E-state index contributed by atoms with van der Waals surface area (Å²) in [7, 11) is 0. The minimum absolute atomic E-state index is 0.357. The molecule has 0 spiro atoms. The molecule has 1 aliphatic heterocycles. The van der Waals surface area contributed by atoms with E-state index in [9.17, 15) is 5.26 Å². The zero-order valence-electron chi connectivity index (χ0n) is 11.1. The monoisotopic (exact) mass is 251 g/mol. The maximum Gasteiger partial charge on any atom is 0.179 e. The summed E-state index contributed by atoms with van der Waals surface area (Å²) in [5.74, 6) is 1.10. The van der Waals surface area contributed by atoms with E-state index in [0.29, 0.717) is 17.9 Å². The highest BCUT2D eigenvalue weighted by molar-refractivity contribution is 5.88. The van der Waals surface area contributed by atoms with E-state index in [0.717, 1.165) is 13.0 Å². The van der Waals surface area contributed by atoms with Crippen LogP contribution >= 0.6 is 0 Å². The number of benzene rings is 1. The van der Waals surface area contributed by atoms with Gasteiger partial charge in [0.2, 0.25) is 0 Å². The van der Waals surface area contributed by atoms with Gasteiger partial charge in [0.15, 0.2) is 6.19 Å². The molecule has 96 valence electrons. The average Bonchev–Trinajstić information content (AvgIpc) is 2.84. The van der Waals surface area contributed by atoms with Gasteiger partial charge in [-0.3, -0.25) is 0 Å². The Labute approximate surface area is 112 Å². The highest BCUT2D eigenvalue weighted by Crippen LogP contribution is 2.44. The summed E-state index contributed by atoms with van der Waals surface area (Å²) in [6, 6.07) is 6.90. The van der Waals surface area contributed by atoms with Crippen molar-refractivity contribution < 1.29 is 0 Å². The molecular weight excluding hydrogens is 234 g/mol. The smallest absolute Gasteiger partial charge is 0.179 e. The fourth-order valence-electron chi connectivity index (χ4n) is 4.04. The summed E-state index contributed by atoms with van der Waals surface area (Å²) in [5.41, 5.74) is 4.06. The fraction of sp³-hybridized carbons (Fsp3) is 0.438. The minimum atomic E-state index is 0.357. The number of aromatic amines is 1. The maximum absolute atomic E-state index is 9.41. The Kier molecular flexibility index (Phi) is 2.17. The Hall–Kier alpha value is -1.95. The van der Waals surface area contributed by atoms with Gasteiger partial charge in [-0.05, 0) is 36.0 Å². The van der Waals surface area contributed by atoms with Gasteiger partial charge in [0.25, 0.3) is 0 Å². The van der Waals surface area contributed by atoms with Crippen LogP contribution in [0.25, 0.3) is 10.9 Å². The molecule has 19 heavy (non-hydrogen) atoms. The van der Waals surface area contributed by atoms with Gasteiger partial charge >= 0.3 is 0 Å². The molecule has 1 aromatic carbocycles. The lowest BCUT2D eigenvalue weighted by molar-refractivity contribution is 0.149. The summed E-state index contributed by atoms with van der Waals surface area (Å²) in [6.07, 6.45) is 6.74. The molecule has 1 fully saturated rings. The second-order valence-electron chi connectivity index (χ2n) is 6.05. The highest BCUT2D eigenvalue weighted by Gasteiger charge is 2.39. The summed E-state index contributed by atoms with van der Waals surface area (Å²) in [6.45, 7) is 3.17. The van der Waals surface area contributed by atoms with Crippen molar-refractivity contribution in [1.29, 1.82) is 5.26 Å². The molecule has 1 N–H and O–H groups in total. The predicted molar refractivity (Wildman–Crippen MR) is 74.6 cm³/mol. The van der Waals surface area contributed by atoms with E-state index in [1.54, 1.807) is 0 Å². The SMILES string of the molecule is C[C@@H]1CC2c3cccc4[nH]cc(c34)C[C@H]2N(C#N)C1. The van der Waals surface area contributed by atoms with Crippen LogP contribution in [-0.4, -0.2) is 22.5 Å². The van der Waals surface area contributed by atoms with E-state index in [4.69, 9.17) is 0 Å². The molecule has 0 radical (unpaired) electrons. The largest absolute Gasteiger partial charge is 0.361 e. The number of fused-ring (bicyclic) bond motifs is 2. The van der Waals surface area contributed by atoms with Crippen LogP contribution < -0.4 is 0 Å². The number of aromatic nitrogens is 1. The Morgan fingerprint density at radius 1 is 1.42 bits per heavy atom. The first-order chi connectivity index (χ1) is 9.28. The van der Waals surface area contributed by atoms with Crippen LogP contribution in [-0.2, 0) is 6.42 Å². The number of nitriles is 1. The van der Waals surface area contributed by atoms with Gasteiger partial charge in [0.05, 0.1) is 6.04 Å². The predicted octanol–water partition coefficient (Wildman–Crippen LogP) is 3.00. The number of hydrogen-bond donors (Lipinski definition) is 1. The van der Waals surface area contributed by atoms with Crippen molar-refractivity contribution in [1.82, 2.24) is 9.88 Å². The van der Waals surface area contributed by atoms with Crippen molar-refractivity contribution in [3.8, 4) is 6.19 Å². The first-order valence-corrected chi connectivity index (χ1v) is 7.03. The number of piperidine rings is 1. The third-order valence-corrected chi connectivity index (χ3v) is 4.81. The molecular formula is C16H17N3. The van der Waals surface area contributed by atoms with Crippen LogP contribution in [0, 0.1) is 17.4 Å². The lowest BCUT2D eigenvalue weighted by Gasteiger charge is -2.43. The Balaban J connectivity index is 1.91. The zero-order chi connectivity index (χ0) is 13.0. The molecule has 2 heterocycles. The molecule has 2 aromatic rings. The van der Waals surface area contributed by atoms with Crippen LogP contribution in [0.3, 0.4) is 0 Å². The van der Waals surface area contributed by atoms with Crippen molar-refractivity contribution in [2.75, 3.05) is 6.54 Å². The third kappa shape index (κ3) is 1.43. The van der Waals surface area contributed by atoms with Crippen molar-refractivity contribution in [2.24, 2.45) is 5.92 Å². The van der Waals surface area contributed by atoms with Crippen molar-refractivity contribution in [3.05, 3.63) is 35.5 Å². The van der Waals surface area contributed by atoms with Crippen LogP contribution in [0.15, 0.2) is 24.4 Å². The van der Waals surface area contributed by atoms with Gasteiger partial charge in [0.1, 0.15) is 0 Å². The second-order valence-corrected chi connectivity index (χ2v) is 6.05. The Morgan fingerprint density at radius 2 is 2.32 bits per heavy atom. The summed E-state index contributed by atoms with van der Waals surface area (Å²) >= 11 is 0. The van der Waals surface area contributed by atoms with Crippen LogP contribution in [0.4, 0.5) is 0 Å². The number of rotatable bonds is 0. The molecule has 4 rings (SSSR count). The van der Waals surface area contributed by atoms with Gasteiger partial charge in [0, 0.05) is 29.6 Å². The third-order valence-electron chi connectivity index (χ3n) is 4.81. The molecule has 0 amide bonds. The van der Waals surface area contributed by atoms with Gasteiger partial charge < -0.3 is 9.88 Å². The van der Waals surface area contributed by atoms with E-state index in [1.807, 2.05) is 4.90 Å². The standard InChI is InChI=1S/C16H17N3/c1-10-5-13-12-3-2-4-14-16(12)11(7-18-14)6-15(13)19(8-10)9-17/h2-4,7,10,13,15,18H,5-6,8H2,1H3/t10-,13?,15-/m1/s1. The first-order valence-electron chi connectivity index (χ1n) is 7.03. The lowest BCUT2D eigenvalue weighted by atomic mass is 9.73. The Bertz CT molecular complexity index is 679. The topological polar surface area (TPSA) is 42.8 Å². The van der Waals surface area contributed by atoms with E-state index >= 15 is 0 Å². The number of nitrogens with one attached hydrogen (secondary N) is 1. The van der Waals surface area contributed by atoms with E-state index in [1.165, 1.54) is 28.5 Å². The van der Waals surface area contributed by atoms with Gasteiger partial charge in [-0.25, -0.2) is 0 Å². The molecule has 0 bridgehead atoms. The molecule has 3 nitrogen and oxygen atoms in total. The molecule has 1 aliphatic carbocycles. The summed E-state index contributed by atoms with van der Waals surface area (Å²) in [5, 5.41) is 10.8. The van der Waals surface area contributed by atoms with E-state index < -0.39 is 0 Å². The number of nitrogens with zero attached hydrogens (tertiary/aromatic N) is 2. The highest BCUT2D eigenvalue weighted by atomic mass is 15.2. The normalized spacial score (nSPS) is 29.1. The quantitative estimate of drug-likeness (QED) is 0.731. The molecule has 3 atom stereocenters. The van der Waals surface area contributed by atoms with Crippen molar-refractivity contribution in [3.63, 3.8) is 0 Å². The molecule has 1 aromatic heterocycles. The zero-order valence-corrected chi connectivity index (χ0v) is 11.1. The maximum atomic E-state index is 9.41. The molecule has 1 unspecified atom stereocenters. The van der Waals surface area contributed by atoms with Gasteiger partial charge in [-0.15, -0.1) is 0 Å². The van der Waals surface area contributed by atoms with Crippen LogP contribution in [0.5, 0.6) is 0 Å². The average molecular weight is 251 g/mol. The van der Waals surface area contributed by atoms with Gasteiger partial charge in [-0.2, -0.15) is 5.26 Å². The van der Waals surface area contributed by atoms with Crippen LogP contribution in [0.2, 0.25) is 0 Å². The van der Waals surface area contributed by atoms with E-state index in [-0.39, 0.29) is 0 Å². The lowest BCUT2D eigenvalue weighted by Crippen LogP contribution is -2.46. The number of hydrogen-bond acceptors (Lipinski definition) is 2. The fourth-order valence-corrected chi connectivity index (χ4v) is 4.04. The molecule has 2 aliphatic rings. The Morgan fingerprint density at radius 3 is 3.16 bits per heavy atom. The first kappa shape index (κ1) is 10.9. The number of likely N-dealkylation sites (tertiary alicyclic amines) is 1. The van der Waals surface area contributed by atoms with Gasteiger partial charge in [-0.1, -0.05) is 19.1 Å². The second kappa shape index (κ2) is 3.77. The number of H-pyrrole nitrogens is 1. The molecule has 3 heteroatoms. The minimum Gasteiger partial charge on any atom is -0.361 e. The molecule has 1 saturated heterocycles.